The number of fused-ring (bicyclic) bond motifs is 2. The molecule has 0 aliphatic carbocycles. The molecule has 0 bridgehead atoms. The predicted octanol–water partition coefficient (Wildman–Crippen LogP) is 3.91. The topological polar surface area (TPSA) is 68.1 Å². The number of aromatic amines is 1. The molecule has 0 aliphatic heterocycles. The van der Waals surface area contributed by atoms with Gasteiger partial charge in [-0.3, -0.25) is 0 Å². The molecule has 25 heavy (non-hydrogen) atoms. The number of H-pyrrole nitrogens is 1. The second-order valence-corrected chi connectivity index (χ2v) is 6.52. The molecule has 1 N–H and O–H groups in total. The molecule has 0 amide bonds. The maximum absolute atomic E-state index is 5.76. The summed E-state index contributed by atoms with van der Waals surface area (Å²) in [5.74, 6) is 1.48. The Kier molecular flexibility index (Phi) is 3.24. The quantitative estimate of drug-likeness (QED) is 0.535. The number of nitrogens with zero attached hydrogens (tertiary/aromatic N) is 4. The zero-order valence-corrected chi connectivity index (χ0v) is 13.9. The first-order chi connectivity index (χ1) is 12.4. The van der Waals surface area contributed by atoms with Gasteiger partial charge in [-0.05, 0) is 18.2 Å². The van der Waals surface area contributed by atoms with Gasteiger partial charge in [-0.25, -0.2) is 0 Å². The van der Waals surface area contributed by atoms with Gasteiger partial charge in [-0.1, -0.05) is 47.7 Å². The van der Waals surface area contributed by atoms with Crippen LogP contribution in [0.15, 0.2) is 60.8 Å². The number of nitrogens with one attached hydrogen (secondary N) is 1. The SMILES string of the molecule is c1ccc(OCc2nnc3sc(-c4c[nH]c5ccccc45)nn23)cc1. The van der Waals surface area contributed by atoms with Crippen molar-refractivity contribution in [1.29, 1.82) is 0 Å². The van der Waals surface area contributed by atoms with Crippen LogP contribution in [0, 0.1) is 0 Å². The number of para-hydroxylation sites is 2. The maximum Gasteiger partial charge on any atom is 0.235 e. The Balaban J connectivity index is 1.49. The highest BCUT2D eigenvalue weighted by Gasteiger charge is 2.15. The van der Waals surface area contributed by atoms with Crippen LogP contribution in [-0.4, -0.2) is 24.8 Å². The van der Waals surface area contributed by atoms with Crippen molar-refractivity contribution in [1.82, 2.24) is 24.8 Å². The van der Waals surface area contributed by atoms with Crippen LogP contribution in [0.2, 0.25) is 0 Å². The van der Waals surface area contributed by atoms with Crippen LogP contribution >= 0.6 is 11.3 Å². The van der Waals surface area contributed by atoms with Crippen molar-refractivity contribution < 1.29 is 4.74 Å². The molecule has 3 aromatic heterocycles. The van der Waals surface area contributed by atoms with Crippen LogP contribution < -0.4 is 4.74 Å². The lowest BCUT2D eigenvalue weighted by atomic mass is 10.2. The van der Waals surface area contributed by atoms with Crippen LogP contribution in [0.3, 0.4) is 0 Å². The number of ether oxygens (including phenoxy) is 1. The van der Waals surface area contributed by atoms with Gasteiger partial charge >= 0.3 is 0 Å². The zero-order valence-electron chi connectivity index (χ0n) is 13.1. The Morgan fingerprint density at radius 3 is 2.76 bits per heavy atom. The smallest absolute Gasteiger partial charge is 0.235 e. The number of benzene rings is 2. The van der Waals surface area contributed by atoms with Crippen molar-refractivity contribution in [3.63, 3.8) is 0 Å². The first-order valence-electron chi connectivity index (χ1n) is 7.84. The van der Waals surface area contributed by atoms with E-state index in [1.807, 2.05) is 48.7 Å². The summed E-state index contributed by atoms with van der Waals surface area (Å²) in [6.45, 7) is 0.322. The molecule has 0 fully saturated rings. The van der Waals surface area contributed by atoms with Gasteiger partial charge in [0.2, 0.25) is 4.96 Å². The fraction of sp³-hybridized carbons (Fsp3) is 0.0556. The molecule has 0 unspecified atom stereocenters. The molecular weight excluding hydrogens is 334 g/mol. The molecule has 122 valence electrons. The van der Waals surface area contributed by atoms with E-state index in [-0.39, 0.29) is 0 Å². The van der Waals surface area contributed by atoms with Crippen molar-refractivity contribution >= 4 is 27.2 Å². The normalized spacial score (nSPS) is 11.4. The fourth-order valence-corrected chi connectivity index (χ4v) is 3.66. The molecule has 2 aromatic carbocycles. The Bertz CT molecular complexity index is 1160. The largest absolute Gasteiger partial charge is 0.486 e. The van der Waals surface area contributed by atoms with Gasteiger partial charge in [0.05, 0.1) is 0 Å². The third-order valence-corrected chi connectivity index (χ3v) is 4.92. The Morgan fingerprint density at radius 1 is 1.00 bits per heavy atom. The third kappa shape index (κ3) is 2.45. The highest BCUT2D eigenvalue weighted by atomic mass is 32.1. The van der Waals surface area contributed by atoms with Gasteiger partial charge in [0, 0.05) is 22.7 Å². The van der Waals surface area contributed by atoms with Gasteiger partial charge in [0.15, 0.2) is 5.82 Å². The van der Waals surface area contributed by atoms with Gasteiger partial charge in [0.1, 0.15) is 17.4 Å². The van der Waals surface area contributed by atoms with E-state index in [4.69, 9.17) is 4.74 Å². The zero-order chi connectivity index (χ0) is 16.6. The molecule has 6 nitrogen and oxygen atoms in total. The van der Waals surface area contributed by atoms with Crippen molar-refractivity contribution in [3.05, 3.63) is 66.6 Å². The molecule has 0 aliphatic rings. The van der Waals surface area contributed by atoms with E-state index < -0.39 is 0 Å². The van der Waals surface area contributed by atoms with E-state index in [2.05, 4.69) is 32.4 Å². The first-order valence-corrected chi connectivity index (χ1v) is 8.65. The number of hydrogen-bond donors (Lipinski definition) is 1. The Hall–Kier alpha value is -3.19. The number of rotatable bonds is 4. The maximum atomic E-state index is 5.76. The minimum atomic E-state index is 0.322. The molecule has 0 saturated heterocycles. The lowest BCUT2D eigenvalue weighted by Crippen LogP contribution is -2.02. The van der Waals surface area contributed by atoms with E-state index >= 15 is 0 Å². The first kappa shape index (κ1) is 14.2. The van der Waals surface area contributed by atoms with E-state index in [1.165, 1.54) is 11.3 Å². The summed E-state index contributed by atoms with van der Waals surface area (Å²) in [7, 11) is 0. The minimum absolute atomic E-state index is 0.322. The Labute approximate surface area is 146 Å². The summed E-state index contributed by atoms with van der Waals surface area (Å²) in [6.07, 6.45) is 1.98. The van der Waals surface area contributed by atoms with Crippen LogP contribution in [0.1, 0.15) is 5.82 Å². The Morgan fingerprint density at radius 2 is 1.84 bits per heavy atom. The number of aromatic nitrogens is 5. The van der Waals surface area contributed by atoms with Gasteiger partial charge in [-0.15, -0.1) is 10.2 Å². The second-order valence-electron chi connectivity index (χ2n) is 5.57. The highest BCUT2D eigenvalue weighted by molar-refractivity contribution is 7.19. The number of hydrogen-bond acceptors (Lipinski definition) is 5. The molecule has 0 atom stereocenters. The van der Waals surface area contributed by atoms with Crippen molar-refractivity contribution in [3.8, 4) is 16.3 Å². The van der Waals surface area contributed by atoms with Crippen LogP contribution in [0.25, 0.3) is 26.4 Å². The summed E-state index contributed by atoms with van der Waals surface area (Å²) in [6, 6.07) is 17.8. The van der Waals surface area contributed by atoms with E-state index in [0.717, 1.165) is 32.2 Å². The van der Waals surface area contributed by atoms with Gasteiger partial charge in [-0.2, -0.15) is 9.61 Å². The van der Waals surface area contributed by atoms with E-state index in [1.54, 1.807) is 4.52 Å². The summed E-state index contributed by atoms with van der Waals surface area (Å²) in [5, 5.41) is 15.1. The van der Waals surface area contributed by atoms with Crippen LogP contribution in [0.4, 0.5) is 0 Å². The molecule has 0 saturated carbocycles. The third-order valence-electron chi connectivity index (χ3n) is 3.99. The summed E-state index contributed by atoms with van der Waals surface area (Å²) in [4.78, 5) is 4.04. The fourth-order valence-electron chi connectivity index (χ4n) is 2.77. The average Bonchev–Trinajstić information content (AvgIpc) is 3.34. The second kappa shape index (κ2) is 5.71. The lowest BCUT2D eigenvalue weighted by Gasteiger charge is -2.02. The predicted molar refractivity (Wildman–Crippen MR) is 96.7 cm³/mol. The summed E-state index contributed by atoms with van der Waals surface area (Å²) in [5.41, 5.74) is 2.16. The minimum Gasteiger partial charge on any atom is -0.486 e. The van der Waals surface area contributed by atoms with E-state index in [9.17, 15) is 0 Å². The molecule has 3 heterocycles. The summed E-state index contributed by atoms with van der Waals surface area (Å²) >= 11 is 1.52. The van der Waals surface area contributed by atoms with E-state index in [0.29, 0.717) is 12.4 Å². The average molecular weight is 347 g/mol. The van der Waals surface area contributed by atoms with Crippen molar-refractivity contribution in [2.24, 2.45) is 0 Å². The summed E-state index contributed by atoms with van der Waals surface area (Å²) < 4.78 is 7.52. The molecule has 0 radical (unpaired) electrons. The molecule has 7 heteroatoms. The van der Waals surface area contributed by atoms with Crippen molar-refractivity contribution in [2.75, 3.05) is 0 Å². The molecular formula is C18H13N5OS. The van der Waals surface area contributed by atoms with Crippen LogP contribution in [-0.2, 0) is 6.61 Å². The highest BCUT2D eigenvalue weighted by Crippen LogP contribution is 2.31. The molecule has 5 rings (SSSR count). The van der Waals surface area contributed by atoms with Crippen molar-refractivity contribution in [2.45, 2.75) is 6.61 Å². The standard InChI is InChI=1S/C18H13N5OS/c1-2-6-12(7-3-1)24-11-16-20-21-18-23(16)22-17(25-18)14-10-19-15-9-5-4-8-13(14)15/h1-10,19H,11H2. The van der Waals surface area contributed by atoms with Crippen LogP contribution in [0.5, 0.6) is 5.75 Å². The molecule has 0 spiro atoms. The van der Waals surface area contributed by atoms with Gasteiger partial charge in [0.25, 0.3) is 0 Å². The monoisotopic (exact) mass is 347 g/mol. The molecule has 5 aromatic rings. The lowest BCUT2D eigenvalue weighted by molar-refractivity contribution is 0.293. The van der Waals surface area contributed by atoms with Gasteiger partial charge < -0.3 is 9.72 Å².